The zero-order valence-electron chi connectivity index (χ0n) is 22.8. The summed E-state index contributed by atoms with van der Waals surface area (Å²) in [6.07, 6.45) is 4.39. The normalized spacial score (nSPS) is 30.2. The first-order chi connectivity index (χ1) is 17.6. The molecule has 10 heteroatoms. The number of nitrogens with zero attached hydrogens (tertiary/aromatic N) is 3. The summed E-state index contributed by atoms with van der Waals surface area (Å²) in [7, 11) is 0. The van der Waals surface area contributed by atoms with Crippen molar-refractivity contribution in [1.82, 2.24) is 20.0 Å². The quantitative estimate of drug-likeness (QED) is 0.320. The molecule has 3 aliphatic heterocycles. The molecule has 0 radical (unpaired) electrons. The Morgan fingerprint density at radius 3 is 1.81 bits per heavy atom. The maximum Gasteiger partial charge on any atom is 0.320 e. The summed E-state index contributed by atoms with van der Waals surface area (Å²) in [5.41, 5.74) is 0. The lowest BCUT2D eigenvalue weighted by Crippen LogP contribution is -2.49. The van der Waals surface area contributed by atoms with Crippen LogP contribution in [0.2, 0.25) is 0 Å². The maximum atomic E-state index is 12.4. The third kappa shape index (κ3) is 10.1. The molecule has 0 bridgehead atoms. The van der Waals surface area contributed by atoms with E-state index in [1.54, 1.807) is 0 Å². The Kier molecular flexibility index (Phi) is 13.9. The topological polar surface area (TPSA) is 85.0 Å². The zero-order chi connectivity index (χ0) is 25.6. The number of carbonyl (C=O) groups excluding carboxylic acids is 1. The van der Waals surface area contributed by atoms with Crippen molar-refractivity contribution >= 4 is 5.97 Å². The summed E-state index contributed by atoms with van der Waals surface area (Å²) in [5, 5.41) is 3.56. The molecule has 36 heavy (non-hydrogen) atoms. The predicted octanol–water partition coefficient (Wildman–Crippen LogP) is 1.14. The van der Waals surface area contributed by atoms with Crippen molar-refractivity contribution in [2.45, 2.75) is 70.9 Å². The largest absolute Gasteiger partial charge is 0.465 e. The van der Waals surface area contributed by atoms with Crippen LogP contribution in [0.1, 0.15) is 46.5 Å². The van der Waals surface area contributed by atoms with E-state index in [4.69, 9.17) is 23.7 Å². The summed E-state index contributed by atoms with van der Waals surface area (Å²) in [6.45, 7) is 16.8. The van der Waals surface area contributed by atoms with Crippen molar-refractivity contribution < 1.29 is 28.5 Å². The van der Waals surface area contributed by atoms with Gasteiger partial charge in [-0.3, -0.25) is 19.5 Å². The Bertz CT molecular complexity index is 615. The minimum Gasteiger partial charge on any atom is -0.465 e. The molecule has 210 valence electrons. The Morgan fingerprint density at radius 2 is 1.25 bits per heavy atom. The van der Waals surface area contributed by atoms with Gasteiger partial charge in [0.15, 0.2) is 0 Å². The number of nitrogens with one attached hydrogen (secondary N) is 1. The molecule has 4 unspecified atom stereocenters. The van der Waals surface area contributed by atoms with Crippen LogP contribution in [0.4, 0.5) is 0 Å². The number of hydrogen-bond acceptors (Lipinski definition) is 10. The molecule has 3 aliphatic rings. The molecule has 0 saturated carbocycles. The zero-order valence-corrected chi connectivity index (χ0v) is 22.8. The van der Waals surface area contributed by atoms with Crippen molar-refractivity contribution in [1.29, 1.82) is 0 Å². The highest BCUT2D eigenvalue weighted by molar-refractivity contribution is 5.71. The molecule has 10 nitrogen and oxygen atoms in total. The summed E-state index contributed by atoms with van der Waals surface area (Å²) < 4.78 is 28.8. The lowest BCUT2D eigenvalue weighted by Gasteiger charge is -2.33. The van der Waals surface area contributed by atoms with Crippen molar-refractivity contribution in [2.24, 2.45) is 0 Å². The highest BCUT2D eigenvalue weighted by Gasteiger charge is 2.31. The van der Waals surface area contributed by atoms with Crippen LogP contribution in [-0.2, 0) is 28.5 Å². The van der Waals surface area contributed by atoms with Crippen LogP contribution in [0.25, 0.3) is 0 Å². The van der Waals surface area contributed by atoms with E-state index in [0.717, 1.165) is 91.1 Å². The number of esters is 1. The van der Waals surface area contributed by atoms with Gasteiger partial charge in [0.2, 0.25) is 0 Å². The van der Waals surface area contributed by atoms with E-state index < -0.39 is 0 Å². The molecule has 4 atom stereocenters. The summed E-state index contributed by atoms with van der Waals surface area (Å²) in [6, 6.07) is 0. The fourth-order valence-electron chi connectivity index (χ4n) is 5.05. The van der Waals surface area contributed by atoms with Crippen molar-refractivity contribution in [2.75, 3.05) is 92.2 Å². The van der Waals surface area contributed by atoms with E-state index in [9.17, 15) is 4.79 Å². The number of carbonyl (C=O) groups is 1. The molecule has 3 saturated heterocycles. The lowest BCUT2D eigenvalue weighted by atomic mass is 10.1. The van der Waals surface area contributed by atoms with E-state index in [0.29, 0.717) is 26.7 Å². The van der Waals surface area contributed by atoms with E-state index in [1.165, 1.54) is 0 Å². The monoisotopic (exact) mass is 514 g/mol. The number of ether oxygens (including phenoxy) is 5. The lowest BCUT2D eigenvalue weighted by molar-refractivity contribution is -0.145. The van der Waals surface area contributed by atoms with Gasteiger partial charge in [0, 0.05) is 65.4 Å². The maximum absolute atomic E-state index is 12.4. The molecule has 0 aromatic rings. The first kappa shape index (κ1) is 29.7. The van der Waals surface area contributed by atoms with Crippen LogP contribution in [0.15, 0.2) is 0 Å². The molecule has 0 aromatic carbocycles. The molecular weight excluding hydrogens is 464 g/mol. The van der Waals surface area contributed by atoms with Gasteiger partial charge in [-0.2, -0.15) is 0 Å². The first-order valence-corrected chi connectivity index (χ1v) is 14.1. The molecular formula is C26H50N4O6. The second kappa shape index (κ2) is 16.9. The minimum atomic E-state index is -0.129. The second-order valence-corrected chi connectivity index (χ2v) is 10.1. The SMILES string of the molecule is CCCCOC(=O)CN1CCNCCN(CC2OCOC2CC)CCN(CC2OCOC2CC)CC1. The van der Waals surface area contributed by atoms with Gasteiger partial charge in [-0.05, 0) is 19.3 Å². The average molecular weight is 515 g/mol. The Labute approximate surface area is 217 Å². The number of hydrogen-bond donors (Lipinski definition) is 1. The highest BCUT2D eigenvalue weighted by atomic mass is 16.7. The van der Waals surface area contributed by atoms with Gasteiger partial charge in [0.25, 0.3) is 0 Å². The molecule has 1 N–H and O–H groups in total. The second-order valence-electron chi connectivity index (χ2n) is 10.1. The molecule has 0 aromatic heterocycles. The van der Waals surface area contributed by atoms with E-state index >= 15 is 0 Å². The van der Waals surface area contributed by atoms with E-state index in [2.05, 4.69) is 40.8 Å². The van der Waals surface area contributed by atoms with Crippen LogP contribution in [0.3, 0.4) is 0 Å². The minimum absolute atomic E-state index is 0.0847. The smallest absolute Gasteiger partial charge is 0.320 e. The average Bonchev–Trinajstić information content (AvgIpc) is 3.52. The van der Waals surface area contributed by atoms with Crippen LogP contribution in [0.5, 0.6) is 0 Å². The molecule has 3 fully saturated rings. The number of unbranched alkanes of at least 4 members (excludes halogenated alkanes) is 1. The van der Waals surface area contributed by atoms with E-state index in [1.807, 2.05) is 0 Å². The van der Waals surface area contributed by atoms with Gasteiger partial charge in [0.05, 0.1) is 37.6 Å². The van der Waals surface area contributed by atoms with Crippen LogP contribution < -0.4 is 5.32 Å². The Hall–Kier alpha value is -0.850. The van der Waals surface area contributed by atoms with Gasteiger partial charge in [-0.1, -0.05) is 27.2 Å². The van der Waals surface area contributed by atoms with Gasteiger partial charge >= 0.3 is 5.97 Å². The van der Waals surface area contributed by atoms with Crippen molar-refractivity contribution in [3.8, 4) is 0 Å². The summed E-state index contributed by atoms with van der Waals surface area (Å²) in [4.78, 5) is 19.6. The summed E-state index contributed by atoms with van der Waals surface area (Å²) >= 11 is 0. The van der Waals surface area contributed by atoms with Gasteiger partial charge in [-0.15, -0.1) is 0 Å². The fourth-order valence-corrected chi connectivity index (χ4v) is 5.05. The van der Waals surface area contributed by atoms with E-state index in [-0.39, 0.29) is 30.4 Å². The molecule has 0 aliphatic carbocycles. The molecule has 0 amide bonds. The first-order valence-electron chi connectivity index (χ1n) is 14.1. The third-order valence-corrected chi connectivity index (χ3v) is 7.43. The molecule has 0 spiro atoms. The number of rotatable bonds is 11. The Morgan fingerprint density at radius 1 is 0.750 bits per heavy atom. The predicted molar refractivity (Wildman–Crippen MR) is 138 cm³/mol. The van der Waals surface area contributed by atoms with Gasteiger partial charge in [0.1, 0.15) is 13.6 Å². The fraction of sp³-hybridized carbons (Fsp3) is 0.962. The van der Waals surface area contributed by atoms with Crippen LogP contribution in [-0.4, -0.2) is 137 Å². The molecule has 3 heterocycles. The van der Waals surface area contributed by atoms with Crippen molar-refractivity contribution in [3.05, 3.63) is 0 Å². The van der Waals surface area contributed by atoms with Crippen LogP contribution in [0, 0.1) is 0 Å². The highest BCUT2D eigenvalue weighted by Crippen LogP contribution is 2.19. The van der Waals surface area contributed by atoms with Crippen molar-refractivity contribution in [3.63, 3.8) is 0 Å². The Balaban J connectivity index is 1.60. The van der Waals surface area contributed by atoms with Crippen LogP contribution >= 0.6 is 0 Å². The van der Waals surface area contributed by atoms with Gasteiger partial charge in [-0.25, -0.2) is 0 Å². The van der Waals surface area contributed by atoms with Gasteiger partial charge < -0.3 is 29.0 Å². The standard InChI is InChI=1S/C26H50N4O6/c1-4-7-16-32-26(31)19-29-11-9-27-8-10-28(17-24-22(5-2)33-20-35-24)12-14-30(15-13-29)18-25-23(6-3)34-21-36-25/h22-25,27H,4-21H2,1-3H3. The summed E-state index contributed by atoms with van der Waals surface area (Å²) in [5.74, 6) is -0.129. The third-order valence-electron chi connectivity index (χ3n) is 7.43. The molecule has 3 rings (SSSR count).